The first kappa shape index (κ1) is 41.6. The number of aromatic nitrogens is 4. The zero-order chi connectivity index (χ0) is 93.6. The Hall–Kier alpha value is -10.9. The van der Waals surface area contributed by atoms with Gasteiger partial charge in [0.25, 0.3) is 6.33 Å². The summed E-state index contributed by atoms with van der Waals surface area (Å²) in [5, 5.41) is -2.45. The molecule has 0 unspecified atom stereocenters. The molecule has 0 aliphatic heterocycles. The molecule has 0 spiro atoms. The summed E-state index contributed by atoms with van der Waals surface area (Å²) in [4.78, 5) is 4.78. The third-order valence-electron chi connectivity index (χ3n) is 18.6. The second-order valence-corrected chi connectivity index (χ2v) is 33.0. The zero-order valence-corrected chi connectivity index (χ0v) is 59.1. The third-order valence-corrected chi connectivity index (χ3v) is 22.6. The minimum absolute atomic E-state index is 0.0811. The number of hydrogen-bond acceptors (Lipinski definition) is 2. The summed E-state index contributed by atoms with van der Waals surface area (Å²) in [7, 11) is -6.30. The molecule has 3 heterocycles. The molecule has 5 nitrogen and oxygen atoms in total. The monoisotopic (exact) mass is 1360 g/mol. The lowest BCUT2D eigenvalue weighted by Gasteiger charge is -2.34. The molecule has 3 aromatic heterocycles. The van der Waals surface area contributed by atoms with Crippen LogP contribution < -0.4 is 30.1 Å². The van der Waals surface area contributed by atoms with Gasteiger partial charge in [-0.2, -0.15) is 0 Å². The maximum atomic E-state index is 10.9. The Morgan fingerprint density at radius 1 is 0.416 bits per heavy atom. The van der Waals surface area contributed by atoms with Crippen molar-refractivity contribution in [2.45, 2.75) is 112 Å². The standard InChI is InChI=1S/C95H88N4OSi/c1-64-51-90(96-62-85(64)65-31-18-14-19-32-65)99-86-46-27-26-43-83(86)84-49-48-76(61-88(84)99)100-75-35-29-34-74(60-75)97-63-98(87-50-47-67(57-89(87)97)66-33-28-42-80(56-66)101(77-36-20-15-21-37-77,78-38-22-16-23-39-78)79-40-24-17-25-41-79)91-81(68-52-70(92(2,3)4)58-71(53-68)93(5,6)7)44-30-45-82(91)69-54-72(94(8,9)10)59-73(55-69)95(11,12)13/h14-62H,1-13H3/i1D3,14D,15D,16D,17D,18D,19D,20D,21D,22D,23D,24D,25D,28D,31D,32D,33D,36D,37D,38D,39D,40D,41D,42D,56D. The molecule has 0 aliphatic rings. The molecule has 12 aromatic carbocycles. The molecule has 6 heteroatoms. The summed E-state index contributed by atoms with van der Waals surface area (Å²) < 4.78 is 264. The van der Waals surface area contributed by atoms with Gasteiger partial charge in [0.2, 0.25) is 0 Å². The average Bonchev–Trinajstić information content (AvgIpc) is 0.824. The van der Waals surface area contributed by atoms with Crippen molar-refractivity contribution >= 4 is 61.7 Å². The van der Waals surface area contributed by atoms with E-state index in [1.807, 2.05) is 47.0 Å². The number of ether oxygens (including phenoxy) is 1. The molecule has 15 aromatic rings. The maximum Gasteiger partial charge on any atom is 0.269 e. The number of pyridine rings is 1. The summed E-state index contributed by atoms with van der Waals surface area (Å²) in [5.41, 5.74) is 7.20. The summed E-state index contributed by atoms with van der Waals surface area (Å²) in [6.07, 6.45) is 4.98. The van der Waals surface area contributed by atoms with Crippen molar-refractivity contribution in [3.05, 3.63) is 331 Å². The number of nitrogens with zero attached hydrogens (tertiary/aromatic N) is 4. The van der Waals surface area contributed by atoms with E-state index in [4.69, 9.17) is 24.8 Å². The van der Waals surface area contributed by atoms with E-state index in [0.29, 0.717) is 33.3 Å². The van der Waals surface area contributed by atoms with E-state index >= 15 is 0 Å². The first-order chi connectivity index (χ1) is 59.7. The Kier molecular flexibility index (Phi) is 10.6. The van der Waals surface area contributed by atoms with Gasteiger partial charge in [0.05, 0.1) is 66.3 Å². The van der Waals surface area contributed by atoms with E-state index < -0.39 is 186 Å². The molecule has 15 rings (SSSR count). The van der Waals surface area contributed by atoms with E-state index in [9.17, 15) is 21.9 Å². The zero-order valence-electron chi connectivity index (χ0n) is 85.1. The molecule has 0 radical (unpaired) electrons. The van der Waals surface area contributed by atoms with Crippen molar-refractivity contribution in [3.8, 4) is 73.2 Å². The van der Waals surface area contributed by atoms with Gasteiger partial charge in [-0.25, -0.2) is 4.98 Å². The fourth-order valence-electron chi connectivity index (χ4n) is 13.1. The predicted molar refractivity (Wildman–Crippen MR) is 427 cm³/mol. The molecule has 0 fully saturated rings. The van der Waals surface area contributed by atoms with E-state index in [1.165, 1.54) is 12.3 Å². The number of para-hydroxylation sites is 2. The van der Waals surface area contributed by atoms with Gasteiger partial charge in [-0.15, -0.1) is 0 Å². The van der Waals surface area contributed by atoms with Crippen molar-refractivity contribution in [3.63, 3.8) is 0 Å². The van der Waals surface area contributed by atoms with Crippen molar-refractivity contribution in [1.82, 2.24) is 14.1 Å². The largest absolute Gasteiger partial charge is 0.458 e. The molecule has 0 atom stereocenters. The highest BCUT2D eigenvalue weighted by Crippen LogP contribution is 2.43. The van der Waals surface area contributed by atoms with Gasteiger partial charge >= 0.3 is 0 Å². The Morgan fingerprint density at radius 3 is 1.50 bits per heavy atom. The molecule has 0 N–H and O–H groups in total. The first-order valence-corrected chi connectivity index (χ1v) is 35.4. The fraction of sp³-hybridized carbons (Fsp3) is 0.179. The third kappa shape index (κ3) is 12.4. The second kappa shape index (κ2) is 25.7. The van der Waals surface area contributed by atoms with Gasteiger partial charge < -0.3 is 4.74 Å². The summed E-state index contributed by atoms with van der Waals surface area (Å²) in [6, 6.07) is 21.6. The van der Waals surface area contributed by atoms with Crippen LogP contribution in [0, 0.1) is 13.2 Å². The Balaban J connectivity index is 1.05. The molecule has 0 amide bonds. The molecule has 0 saturated carbocycles. The fourth-order valence-corrected chi connectivity index (χ4v) is 16.7. The van der Waals surface area contributed by atoms with Gasteiger partial charge in [0, 0.05) is 32.7 Å². The molecular formula is C95H88N4OSi. The van der Waals surface area contributed by atoms with Gasteiger partial charge in [0.15, 0.2) is 8.07 Å². The number of imidazole rings is 1. The molecule has 0 aliphatic carbocycles. The lowest BCUT2D eigenvalue weighted by Crippen LogP contribution is -2.74. The van der Waals surface area contributed by atoms with Gasteiger partial charge in [0.1, 0.15) is 17.3 Å². The van der Waals surface area contributed by atoms with Crippen molar-refractivity contribution in [2.75, 3.05) is 0 Å². The van der Waals surface area contributed by atoms with Gasteiger partial charge in [-0.3, -0.25) is 13.7 Å². The van der Waals surface area contributed by atoms with E-state index in [1.54, 1.807) is 69.8 Å². The van der Waals surface area contributed by atoms with Crippen molar-refractivity contribution in [2.24, 2.45) is 0 Å². The molecule has 101 heavy (non-hydrogen) atoms. The highest BCUT2D eigenvalue weighted by Gasteiger charge is 2.41. The van der Waals surface area contributed by atoms with Gasteiger partial charge in [-0.1, -0.05) is 319 Å². The van der Waals surface area contributed by atoms with Crippen LogP contribution >= 0.6 is 0 Å². The quantitative estimate of drug-likeness (QED) is 0.0499. The van der Waals surface area contributed by atoms with Crippen molar-refractivity contribution < 1.29 is 46.3 Å². The highest BCUT2D eigenvalue weighted by molar-refractivity contribution is 7.20. The summed E-state index contributed by atoms with van der Waals surface area (Å²) in [5.74, 6) is 0.614. The van der Waals surface area contributed by atoms with Crippen LogP contribution in [-0.2, 0) is 21.7 Å². The number of hydrogen-bond donors (Lipinski definition) is 0. The number of rotatable bonds is 13. The van der Waals surface area contributed by atoms with Crippen LogP contribution in [0.25, 0.3) is 94.5 Å². The van der Waals surface area contributed by atoms with E-state index in [-0.39, 0.29) is 66.7 Å². The number of benzene rings is 12. The minimum atomic E-state index is -6.30. The van der Waals surface area contributed by atoms with Gasteiger partial charge in [-0.05, 0) is 165 Å². The van der Waals surface area contributed by atoms with Crippen LogP contribution in [0.1, 0.15) is 148 Å². The Labute approximate surface area is 635 Å². The predicted octanol–water partition coefficient (Wildman–Crippen LogP) is 21.5. The molecule has 0 saturated heterocycles. The van der Waals surface area contributed by atoms with E-state index in [2.05, 4.69) is 126 Å². The average molecular weight is 1360 g/mol. The lowest BCUT2D eigenvalue weighted by atomic mass is 9.77. The number of aryl methyl sites for hydroxylation is 1. The lowest BCUT2D eigenvalue weighted by molar-refractivity contribution is -0.571. The van der Waals surface area contributed by atoms with Crippen LogP contribution in [0.2, 0.25) is 0 Å². The topological polar surface area (TPSA) is 35.9 Å². The summed E-state index contributed by atoms with van der Waals surface area (Å²) >= 11 is 0. The molecule has 0 bridgehead atoms. The number of fused-ring (bicyclic) bond motifs is 4. The molecular weight excluding hydrogens is 1240 g/mol. The van der Waals surface area contributed by atoms with Crippen LogP contribution in [-0.4, -0.2) is 22.2 Å². The van der Waals surface area contributed by atoms with Crippen molar-refractivity contribution in [1.29, 1.82) is 0 Å². The van der Waals surface area contributed by atoms with Crippen LogP contribution in [0.15, 0.2) is 297 Å². The molecule has 498 valence electrons. The normalized spacial score (nSPS) is 16.3. The minimum Gasteiger partial charge on any atom is -0.458 e. The van der Waals surface area contributed by atoms with Crippen LogP contribution in [0.5, 0.6) is 11.5 Å². The highest BCUT2D eigenvalue weighted by atomic mass is 28.3. The SMILES string of the molecule is [2H]c1c([2H])c([2H])c(-c2cnc(-n3c4ccccc4c4ccc(Oc5cccc(-n6[c-][n+](-c7c(-c8cc(C(C)(C)C)cc(C(C)(C)C)c8)cccc7-c7cc(C(C)(C)C)cc(C(C)(C)C)c7)c7ccc(-c8c([2H])c([2H])c([2H])c([Si](c9c([2H])c([2H])c([2H])c([2H])c9[2H])(c9c([2H])c([2H])c([2H])c([2H])c9[2H])c9c([2H])c([2H])c([2H])c([2H])c9[2H])c8[2H])cc76)c5)cc43)cc2C([2H])([2H])[2H])c([2H])c1[2H]. The van der Waals surface area contributed by atoms with Crippen LogP contribution in [0.3, 0.4) is 0 Å². The first-order valence-electron chi connectivity index (χ1n) is 46.9. The van der Waals surface area contributed by atoms with E-state index in [0.717, 1.165) is 49.9 Å². The maximum absolute atomic E-state index is 10.9. The Bertz CT molecular complexity index is 6820. The van der Waals surface area contributed by atoms with Crippen LogP contribution in [0.4, 0.5) is 0 Å². The summed E-state index contributed by atoms with van der Waals surface area (Å²) in [6.45, 7) is 22.9. The smallest absolute Gasteiger partial charge is 0.269 e. The Morgan fingerprint density at radius 2 is 0.931 bits per heavy atom. The second-order valence-electron chi connectivity index (χ2n) is 29.5.